The van der Waals surface area contributed by atoms with Gasteiger partial charge < -0.3 is 10.1 Å². The fraction of sp³-hybridized carbons (Fsp3) is 0.500. The van der Waals surface area contributed by atoms with Crippen molar-refractivity contribution >= 4 is 38.3 Å². The number of rotatable bonds is 4. The van der Waals surface area contributed by atoms with E-state index in [1.54, 1.807) is 18.4 Å². The summed E-state index contributed by atoms with van der Waals surface area (Å²) < 4.78 is 6.31. The molecule has 0 bridgehead atoms. The molecule has 3 rings (SSSR count). The molecule has 0 atom stereocenters. The average Bonchev–Trinajstić information content (AvgIpc) is 2.84. The zero-order valence-electron chi connectivity index (χ0n) is 11.0. The monoisotopic (exact) mass is 296 g/mol. The summed E-state index contributed by atoms with van der Waals surface area (Å²) in [6.45, 7) is 1.46. The second-order valence-electron chi connectivity index (χ2n) is 4.82. The van der Waals surface area contributed by atoms with Crippen LogP contribution in [0.1, 0.15) is 24.0 Å². The van der Waals surface area contributed by atoms with E-state index in [0.717, 1.165) is 35.1 Å². The molecule has 1 N–H and O–H groups in total. The highest BCUT2D eigenvalue weighted by atomic mass is 35.5. The van der Waals surface area contributed by atoms with Gasteiger partial charge in [0.1, 0.15) is 5.52 Å². The van der Waals surface area contributed by atoms with E-state index in [1.807, 2.05) is 0 Å². The Balaban J connectivity index is 1.99. The highest BCUT2D eigenvalue weighted by Gasteiger charge is 2.18. The zero-order valence-corrected chi connectivity index (χ0v) is 12.5. The molecule has 0 saturated heterocycles. The number of ether oxygens (including phenoxy) is 1. The SMILES string of the molecule is COCCNc1nc2c(Cl)cc3c(c2s1)CCCC3. The molecule has 0 radical (unpaired) electrons. The number of anilines is 1. The molecule has 0 saturated carbocycles. The maximum atomic E-state index is 6.36. The van der Waals surface area contributed by atoms with Gasteiger partial charge in [-0.2, -0.15) is 0 Å². The molecular weight excluding hydrogens is 280 g/mol. The standard InChI is InChI=1S/C14H17ClN2OS/c1-18-7-6-16-14-17-12-11(15)8-9-4-2-3-5-10(9)13(12)19-14/h8H,2-7H2,1H3,(H,16,17). The highest BCUT2D eigenvalue weighted by molar-refractivity contribution is 7.22. The normalized spacial score (nSPS) is 14.6. The summed E-state index contributed by atoms with van der Waals surface area (Å²) in [6.07, 6.45) is 4.85. The molecular formula is C14H17ClN2OS. The molecule has 1 aliphatic rings. The third kappa shape index (κ3) is 2.57. The van der Waals surface area contributed by atoms with Crippen molar-refractivity contribution in [3.8, 4) is 0 Å². The quantitative estimate of drug-likeness (QED) is 0.869. The minimum Gasteiger partial charge on any atom is -0.383 e. The lowest BCUT2D eigenvalue weighted by molar-refractivity contribution is 0.211. The molecule has 0 fully saturated rings. The first-order valence-corrected chi connectivity index (χ1v) is 7.82. The van der Waals surface area contributed by atoms with E-state index in [0.29, 0.717) is 6.61 Å². The average molecular weight is 297 g/mol. The van der Waals surface area contributed by atoms with Gasteiger partial charge in [-0.1, -0.05) is 22.9 Å². The van der Waals surface area contributed by atoms with E-state index in [2.05, 4.69) is 16.4 Å². The predicted octanol–water partition coefficient (Wildman–Crippen LogP) is 3.89. The van der Waals surface area contributed by atoms with Gasteiger partial charge in [0.05, 0.1) is 16.3 Å². The number of methoxy groups -OCH3 is 1. The molecule has 1 aromatic heterocycles. The Kier molecular flexibility index (Phi) is 3.91. The largest absolute Gasteiger partial charge is 0.383 e. The number of nitrogens with zero attached hydrogens (tertiary/aromatic N) is 1. The van der Waals surface area contributed by atoms with Gasteiger partial charge in [-0.25, -0.2) is 4.98 Å². The van der Waals surface area contributed by atoms with Gasteiger partial charge in [0.15, 0.2) is 5.13 Å². The number of aromatic nitrogens is 1. The number of benzene rings is 1. The van der Waals surface area contributed by atoms with Crippen molar-refractivity contribution in [3.05, 3.63) is 22.2 Å². The first kappa shape index (κ1) is 13.2. The number of hydrogen-bond acceptors (Lipinski definition) is 4. The fourth-order valence-electron chi connectivity index (χ4n) is 2.59. The van der Waals surface area contributed by atoms with E-state index in [9.17, 15) is 0 Å². The molecule has 1 heterocycles. The van der Waals surface area contributed by atoms with Crippen LogP contribution in [0.15, 0.2) is 6.07 Å². The Bertz CT molecular complexity index is 597. The van der Waals surface area contributed by atoms with Crippen molar-refractivity contribution in [2.75, 3.05) is 25.6 Å². The Morgan fingerprint density at radius 1 is 1.42 bits per heavy atom. The maximum absolute atomic E-state index is 6.36. The van der Waals surface area contributed by atoms with Crippen molar-refractivity contribution in [3.63, 3.8) is 0 Å². The molecule has 0 amide bonds. The lowest BCUT2D eigenvalue weighted by Gasteiger charge is -2.16. The number of aryl methyl sites for hydroxylation is 2. The lowest BCUT2D eigenvalue weighted by Crippen LogP contribution is -2.06. The van der Waals surface area contributed by atoms with Gasteiger partial charge in [-0.15, -0.1) is 0 Å². The summed E-state index contributed by atoms with van der Waals surface area (Å²) in [5, 5.41) is 5.01. The topological polar surface area (TPSA) is 34.1 Å². The number of hydrogen-bond donors (Lipinski definition) is 1. The van der Waals surface area contributed by atoms with Crippen LogP contribution >= 0.6 is 22.9 Å². The second-order valence-corrected chi connectivity index (χ2v) is 6.23. The maximum Gasteiger partial charge on any atom is 0.183 e. The Morgan fingerprint density at radius 2 is 2.26 bits per heavy atom. The van der Waals surface area contributed by atoms with Crippen molar-refractivity contribution in [1.82, 2.24) is 4.98 Å². The van der Waals surface area contributed by atoms with Gasteiger partial charge >= 0.3 is 0 Å². The van der Waals surface area contributed by atoms with Crippen molar-refractivity contribution in [2.24, 2.45) is 0 Å². The highest BCUT2D eigenvalue weighted by Crippen LogP contribution is 2.38. The van der Waals surface area contributed by atoms with Gasteiger partial charge in [0.25, 0.3) is 0 Å². The Hall–Kier alpha value is -0.840. The molecule has 0 unspecified atom stereocenters. The molecule has 2 aromatic rings. The lowest BCUT2D eigenvalue weighted by atomic mass is 9.91. The summed E-state index contributed by atoms with van der Waals surface area (Å²) in [5.41, 5.74) is 3.83. The Labute approximate surface area is 121 Å². The van der Waals surface area contributed by atoms with Crippen molar-refractivity contribution < 1.29 is 4.74 Å². The van der Waals surface area contributed by atoms with Crippen LogP contribution in [0.4, 0.5) is 5.13 Å². The third-order valence-electron chi connectivity index (χ3n) is 3.52. The zero-order chi connectivity index (χ0) is 13.2. The van der Waals surface area contributed by atoms with Gasteiger partial charge in [0.2, 0.25) is 0 Å². The minimum absolute atomic E-state index is 0.682. The van der Waals surface area contributed by atoms with Crippen LogP contribution in [0, 0.1) is 0 Å². The van der Waals surface area contributed by atoms with Gasteiger partial charge in [-0.05, 0) is 42.9 Å². The Morgan fingerprint density at radius 3 is 3.11 bits per heavy atom. The van der Waals surface area contributed by atoms with Crippen molar-refractivity contribution in [1.29, 1.82) is 0 Å². The predicted molar refractivity (Wildman–Crippen MR) is 81.6 cm³/mol. The molecule has 1 aliphatic carbocycles. The molecule has 1 aromatic carbocycles. The third-order valence-corrected chi connectivity index (χ3v) is 4.88. The minimum atomic E-state index is 0.682. The molecule has 102 valence electrons. The van der Waals surface area contributed by atoms with Crippen LogP contribution in [0.5, 0.6) is 0 Å². The molecule has 0 aliphatic heterocycles. The number of nitrogens with one attached hydrogen (secondary N) is 1. The summed E-state index contributed by atoms with van der Waals surface area (Å²) >= 11 is 8.07. The number of halogens is 1. The van der Waals surface area contributed by atoms with Crippen LogP contribution in [0.3, 0.4) is 0 Å². The smallest absolute Gasteiger partial charge is 0.183 e. The van der Waals surface area contributed by atoms with Gasteiger partial charge in [-0.3, -0.25) is 0 Å². The molecule has 0 spiro atoms. The molecule has 5 heteroatoms. The number of thiazole rings is 1. The van der Waals surface area contributed by atoms with Crippen LogP contribution in [0.2, 0.25) is 5.02 Å². The summed E-state index contributed by atoms with van der Waals surface area (Å²) in [6, 6.07) is 2.11. The van der Waals surface area contributed by atoms with E-state index in [4.69, 9.17) is 16.3 Å². The van der Waals surface area contributed by atoms with Crippen LogP contribution in [-0.2, 0) is 17.6 Å². The first-order chi connectivity index (χ1) is 9.29. The van der Waals surface area contributed by atoms with Crippen LogP contribution < -0.4 is 5.32 Å². The molecule has 19 heavy (non-hydrogen) atoms. The van der Waals surface area contributed by atoms with E-state index < -0.39 is 0 Å². The second kappa shape index (κ2) is 5.65. The van der Waals surface area contributed by atoms with Crippen molar-refractivity contribution in [2.45, 2.75) is 25.7 Å². The fourth-order valence-corrected chi connectivity index (χ4v) is 4.03. The summed E-state index contributed by atoms with van der Waals surface area (Å²) in [7, 11) is 1.70. The molecule has 3 nitrogen and oxygen atoms in total. The summed E-state index contributed by atoms with van der Waals surface area (Å²) in [4.78, 5) is 4.61. The van der Waals surface area contributed by atoms with E-state index in [1.165, 1.54) is 28.7 Å². The van der Waals surface area contributed by atoms with E-state index in [-0.39, 0.29) is 0 Å². The van der Waals surface area contributed by atoms with Gasteiger partial charge in [0, 0.05) is 13.7 Å². The summed E-state index contributed by atoms with van der Waals surface area (Å²) in [5.74, 6) is 0. The van der Waals surface area contributed by atoms with Crippen LogP contribution in [-0.4, -0.2) is 25.2 Å². The van der Waals surface area contributed by atoms with E-state index >= 15 is 0 Å². The van der Waals surface area contributed by atoms with Crippen LogP contribution in [0.25, 0.3) is 10.2 Å². The number of fused-ring (bicyclic) bond motifs is 3. The first-order valence-electron chi connectivity index (χ1n) is 6.63.